The van der Waals surface area contributed by atoms with Crippen LogP contribution in [-0.4, -0.2) is 0 Å². The highest BCUT2D eigenvalue weighted by atomic mass is 14.5. The molecule has 1 heteroatoms. The third-order valence-electron chi connectivity index (χ3n) is 2.87. The molecule has 1 nitrogen and oxygen atoms in total. The molecule has 0 aliphatic rings. The van der Waals surface area contributed by atoms with Gasteiger partial charge < -0.3 is 5.73 Å². The highest BCUT2D eigenvalue weighted by Gasteiger charge is 2.21. The van der Waals surface area contributed by atoms with Crippen molar-refractivity contribution in [2.75, 3.05) is 0 Å². The van der Waals surface area contributed by atoms with Crippen molar-refractivity contribution in [2.24, 2.45) is 5.73 Å². The van der Waals surface area contributed by atoms with Crippen LogP contribution in [0.25, 0.3) is 0 Å². The van der Waals surface area contributed by atoms with E-state index in [9.17, 15) is 0 Å². The zero-order valence-corrected chi connectivity index (χ0v) is 11.4. The Morgan fingerprint density at radius 3 is 2.00 bits per heavy atom. The fourth-order valence-corrected chi connectivity index (χ4v) is 1.82. The van der Waals surface area contributed by atoms with Gasteiger partial charge in [-0.3, -0.25) is 0 Å². The molecule has 0 aliphatic carbocycles. The average Bonchev–Trinajstić information content (AvgIpc) is 2.14. The molecule has 0 heterocycles. The van der Waals surface area contributed by atoms with Crippen molar-refractivity contribution in [1.82, 2.24) is 0 Å². The normalized spacial score (nSPS) is 12.9. The van der Waals surface area contributed by atoms with Crippen LogP contribution in [0.3, 0.4) is 0 Å². The van der Waals surface area contributed by atoms with E-state index in [2.05, 4.69) is 59.7 Å². The predicted molar refractivity (Wildman–Crippen MR) is 70.6 cm³/mol. The van der Waals surface area contributed by atoms with Gasteiger partial charge in [-0.15, -0.1) is 0 Å². The van der Waals surface area contributed by atoms with Crippen molar-refractivity contribution in [3.05, 3.63) is 34.9 Å². The predicted octanol–water partition coefficient (Wildman–Crippen LogP) is 3.54. The number of hydrogen-bond acceptors (Lipinski definition) is 1. The van der Waals surface area contributed by atoms with E-state index in [-0.39, 0.29) is 10.8 Å². The lowest BCUT2D eigenvalue weighted by atomic mass is 9.78. The molecule has 1 radical (unpaired) electrons. The maximum atomic E-state index is 5.79. The highest BCUT2D eigenvalue weighted by Crippen LogP contribution is 2.30. The molecule has 16 heavy (non-hydrogen) atoms. The van der Waals surface area contributed by atoms with Crippen LogP contribution in [0.15, 0.2) is 12.1 Å². The van der Waals surface area contributed by atoms with Crippen molar-refractivity contribution in [3.63, 3.8) is 0 Å². The summed E-state index contributed by atoms with van der Waals surface area (Å²) >= 11 is 0. The van der Waals surface area contributed by atoms with E-state index in [1.807, 2.05) is 0 Å². The second-order valence-corrected chi connectivity index (χ2v) is 6.49. The molecule has 0 spiro atoms. The second-order valence-electron chi connectivity index (χ2n) is 6.49. The van der Waals surface area contributed by atoms with Gasteiger partial charge in [-0.1, -0.05) is 47.6 Å². The van der Waals surface area contributed by atoms with E-state index in [0.29, 0.717) is 6.54 Å². The van der Waals surface area contributed by atoms with Gasteiger partial charge in [0.1, 0.15) is 0 Å². The largest absolute Gasteiger partial charge is 0.326 e. The lowest BCUT2D eigenvalue weighted by molar-refractivity contribution is 0.562. The first-order chi connectivity index (χ1) is 7.16. The fraction of sp³-hybridized carbons (Fsp3) is 0.600. The Kier molecular flexibility index (Phi) is 3.49. The van der Waals surface area contributed by atoms with Gasteiger partial charge in [0, 0.05) is 6.54 Å². The minimum Gasteiger partial charge on any atom is -0.326 e. The monoisotopic (exact) mass is 218 g/mol. The van der Waals surface area contributed by atoms with Crippen LogP contribution in [-0.2, 0) is 17.4 Å². The highest BCUT2D eigenvalue weighted by molar-refractivity contribution is 5.38. The molecule has 0 saturated carbocycles. The molecule has 0 aromatic heterocycles. The third-order valence-corrected chi connectivity index (χ3v) is 2.87. The van der Waals surface area contributed by atoms with Gasteiger partial charge in [-0.2, -0.15) is 0 Å². The minimum absolute atomic E-state index is 0.143. The molecule has 2 N–H and O–H groups in total. The van der Waals surface area contributed by atoms with Crippen LogP contribution >= 0.6 is 0 Å². The molecule has 89 valence electrons. The Morgan fingerprint density at radius 2 is 1.62 bits per heavy atom. The summed E-state index contributed by atoms with van der Waals surface area (Å²) in [7, 11) is 0. The van der Waals surface area contributed by atoms with Gasteiger partial charge in [0.2, 0.25) is 0 Å². The quantitative estimate of drug-likeness (QED) is 0.766. The molecule has 0 fully saturated rings. The first-order valence-corrected chi connectivity index (χ1v) is 5.92. The molecule has 0 amide bonds. The number of nitrogens with two attached hydrogens (primary N) is 1. The number of hydrogen-bond donors (Lipinski definition) is 1. The summed E-state index contributed by atoms with van der Waals surface area (Å²) in [5.74, 6) is 0. The Balaban J connectivity index is 3.34. The molecular formula is C15H24N. The van der Waals surface area contributed by atoms with E-state index in [1.165, 1.54) is 16.7 Å². The Morgan fingerprint density at radius 1 is 1.06 bits per heavy atom. The van der Waals surface area contributed by atoms with E-state index in [4.69, 9.17) is 5.73 Å². The number of benzene rings is 1. The summed E-state index contributed by atoms with van der Waals surface area (Å²) in [5.41, 5.74) is 9.89. The van der Waals surface area contributed by atoms with Crippen molar-refractivity contribution in [1.29, 1.82) is 0 Å². The van der Waals surface area contributed by atoms with Gasteiger partial charge in [0.05, 0.1) is 0 Å². The third kappa shape index (κ3) is 2.85. The average molecular weight is 218 g/mol. The van der Waals surface area contributed by atoms with Crippen LogP contribution in [0.4, 0.5) is 0 Å². The topological polar surface area (TPSA) is 26.0 Å². The van der Waals surface area contributed by atoms with Gasteiger partial charge in [0.15, 0.2) is 0 Å². The van der Waals surface area contributed by atoms with Crippen LogP contribution < -0.4 is 5.73 Å². The molecule has 0 aliphatic heterocycles. The maximum absolute atomic E-state index is 5.79. The van der Waals surface area contributed by atoms with E-state index in [1.54, 1.807) is 0 Å². The molecule has 1 aromatic rings. The van der Waals surface area contributed by atoms with Crippen LogP contribution in [0, 0.1) is 6.07 Å². The Labute approximate surface area is 100 Å². The summed E-state index contributed by atoms with van der Waals surface area (Å²) in [4.78, 5) is 0. The van der Waals surface area contributed by atoms with Crippen LogP contribution in [0.5, 0.6) is 0 Å². The van der Waals surface area contributed by atoms with Crippen molar-refractivity contribution >= 4 is 0 Å². The molecule has 1 rings (SSSR count). The van der Waals surface area contributed by atoms with E-state index >= 15 is 0 Å². The van der Waals surface area contributed by atoms with Crippen molar-refractivity contribution in [2.45, 2.75) is 58.9 Å². The Bertz CT molecular complexity index is 364. The first-order valence-electron chi connectivity index (χ1n) is 5.92. The molecule has 0 saturated heterocycles. The van der Waals surface area contributed by atoms with Gasteiger partial charge >= 0.3 is 0 Å². The van der Waals surface area contributed by atoms with E-state index in [0.717, 1.165) is 0 Å². The van der Waals surface area contributed by atoms with Crippen molar-refractivity contribution < 1.29 is 0 Å². The summed E-state index contributed by atoms with van der Waals surface area (Å²) in [6.07, 6.45) is 0. The zero-order valence-electron chi connectivity index (χ0n) is 11.4. The Hall–Kier alpha value is -0.820. The summed E-state index contributed by atoms with van der Waals surface area (Å²) in [6.45, 7) is 13.9. The van der Waals surface area contributed by atoms with Crippen LogP contribution in [0.2, 0.25) is 0 Å². The smallest absolute Gasteiger partial charge is 0.0181 e. The zero-order chi connectivity index (χ0) is 12.6. The fourth-order valence-electron chi connectivity index (χ4n) is 1.82. The van der Waals surface area contributed by atoms with E-state index < -0.39 is 0 Å². The van der Waals surface area contributed by atoms with Gasteiger partial charge in [-0.25, -0.2) is 0 Å². The molecule has 1 aromatic carbocycles. The SMILES string of the molecule is CC(C)(C)c1[c]cc(CN)c(C(C)(C)C)c1. The molecule has 0 atom stereocenters. The molecule has 0 bridgehead atoms. The van der Waals surface area contributed by atoms with Crippen LogP contribution in [0.1, 0.15) is 58.2 Å². The summed E-state index contributed by atoms with van der Waals surface area (Å²) in [5, 5.41) is 0. The lowest BCUT2D eigenvalue weighted by Gasteiger charge is -2.27. The number of rotatable bonds is 1. The standard InChI is InChI=1S/C15H24N/c1-14(2,3)12-8-7-11(10-16)13(9-12)15(4,5)6/h7,9H,10,16H2,1-6H3. The minimum atomic E-state index is 0.143. The van der Waals surface area contributed by atoms with Gasteiger partial charge in [0.25, 0.3) is 0 Å². The molecular weight excluding hydrogens is 194 g/mol. The van der Waals surface area contributed by atoms with Crippen molar-refractivity contribution in [3.8, 4) is 0 Å². The van der Waals surface area contributed by atoms with Gasteiger partial charge in [-0.05, 0) is 39.7 Å². The first kappa shape index (κ1) is 13.2. The maximum Gasteiger partial charge on any atom is 0.0181 e. The lowest BCUT2D eigenvalue weighted by Crippen LogP contribution is -2.19. The summed E-state index contributed by atoms with van der Waals surface area (Å²) < 4.78 is 0. The summed E-state index contributed by atoms with van der Waals surface area (Å²) in [6, 6.07) is 7.68. The molecule has 0 unspecified atom stereocenters. The second kappa shape index (κ2) is 4.21.